The zero-order valence-electron chi connectivity index (χ0n) is 15.6. The normalized spacial score (nSPS) is 25.4. The molecule has 0 aliphatic carbocycles. The van der Waals surface area contributed by atoms with Gasteiger partial charge in [-0.15, -0.1) is 0 Å². The summed E-state index contributed by atoms with van der Waals surface area (Å²) in [6, 6.07) is 1.42. The van der Waals surface area contributed by atoms with Crippen LogP contribution in [-0.2, 0) is 9.84 Å². The average molecular weight is 391 g/mol. The number of carbonyl (C=O) groups is 1. The Kier molecular flexibility index (Phi) is 4.67. The SMILES string of the molecule is CC(C)n1ncc2cc(C(=O)N[C@H]3CS(=O)(=O)C[C@H]3N3CCCC3)cnc21. The van der Waals surface area contributed by atoms with E-state index in [1.807, 2.05) is 18.5 Å². The molecule has 2 aromatic rings. The monoisotopic (exact) mass is 391 g/mol. The van der Waals surface area contributed by atoms with Gasteiger partial charge in [-0.1, -0.05) is 0 Å². The van der Waals surface area contributed by atoms with Crippen LogP contribution in [0, 0.1) is 0 Å². The first-order valence-corrected chi connectivity index (χ1v) is 11.2. The van der Waals surface area contributed by atoms with E-state index >= 15 is 0 Å². The standard InChI is InChI=1S/C18H25N5O3S/c1-12(2)23-17-13(9-20-23)7-14(8-19-17)18(24)21-15-10-27(25,26)11-16(15)22-5-3-4-6-22/h7-9,12,15-16H,3-6,10-11H2,1-2H3,(H,21,24)/t15-,16+/m0/s1. The van der Waals surface area contributed by atoms with Crippen LogP contribution in [-0.4, -0.2) is 70.7 Å². The van der Waals surface area contributed by atoms with Crippen molar-refractivity contribution in [2.75, 3.05) is 24.6 Å². The minimum atomic E-state index is -3.14. The number of carbonyl (C=O) groups excluding carboxylic acids is 1. The van der Waals surface area contributed by atoms with Gasteiger partial charge < -0.3 is 5.32 Å². The summed E-state index contributed by atoms with van der Waals surface area (Å²) < 4.78 is 26.1. The fourth-order valence-corrected chi connectivity index (χ4v) is 6.05. The molecule has 8 nitrogen and oxygen atoms in total. The Labute approximate surface area is 158 Å². The summed E-state index contributed by atoms with van der Waals surface area (Å²) in [5.41, 5.74) is 1.16. The maximum atomic E-state index is 12.8. The highest BCUT2D eigenvalue weighted by Gasteiger charge is 2.42. The summed E-state index contributed by atoms with van der Waals surface area (Å²) in [6.45, 7) is 5.84. The molecule has 4 heterocycles. The van der Waals surface area contributed by atoms with Crippen LogP contribution in [0.25, 0.3) is 11.0 Å². The topological polar surface area (TPSA) is 97.2 Å². The zero-order chi connectivity index (χ0) is 19.2. The molecule has 2 atom stereocenters. The van der Waals surface area contributed by atoms with Gasteiger partial charge in [0.2, 0.25) is 0 Å². The van der Waals surface area contributed by atoms with Gasteiger partial charge >= 0.3 is 0 Å². The molecular weight excluding hydrogens is 366 g/mol. The van der Waals surface area contributed by atoms with Crippen LogP contribution in [0.15, 0.2) is 18.5 Å². The van der Waals surface area contributed by atoms with E-state index in [0.717, 1.165) is 37.0 Å². The first-order valence-electron chi connectivity index (χ1n) is 9.43. The Bertz CT molecular complexity index is 963. The fourth-order valence-electron chi connectivity index (χ4n) is 4.09. The molecule has 2 saturated heterocycles. The molecule has 0 spiro atoms. The van der Waals surface area contributed by atoms with Crippen LogP contribution < -0.4 is 5.32 Å². The van der Waals surface area contributed by atoms with Crippen molar-refractivity contribution in [3.8, 4) is 0 Å². The maximum Gasteiger partial charge on any atom is 0.253 e. The van der Waals surface area contributed by atoms with Crippen molar-refractivity contribution >= 4 is 26.8 Å². The van der Waals surface area contributed by atoms with E-state index in [9.17, 15) is 13.2 Å². The number of nitrogens with zero attached hydrogens (tertiary/aromatic N) is 4. The lowest BCUT2D eigenvalue weighted by Crippen LogP contribution is -2.50. The Morgan fingerprint density at radius 3 is 2.67 bits per heavy atom. The highest BCUT2D eigenvalue weighted by molar-refractivity contribution is 7.91. The minimum absolute atomic E-state index is 0.000855. The number of nitrogens with one attached hydrogen (secondary N) is 1. The lowest BCUT2D eigenvalue weighted by molar-refractivity contribution is 0.0918. The number of amides is 1. The van der Waals surface area contributed by atoms with Gasteiger partial charge in [0.15, 0.2) is 15.5 Å². The average Bonchev–Trinajstić information content (AvgIpc) is 3.32. The molecule has 0 bridgehead atoms. The fraction of sp³-hybridized carbons (Fsp3) is 0.611. The van der Waals surface area contributed by atoms with E-state index in [1.54, 1.807) is 12.3 Å². The van der Waals surface area contributed by atoms with E-state index < -0.39 is 9.84 Å². The number of sulfone groups is 1. The number of pyridine rings is 1. The molecular formula is C18H25N5O3S. The van der Waals surface area contributed by atoms with Crippen LogP contribution in [0.2, 0.25) is 0 Å². The van der Waals surface area contributed by atoms with Crippen molar-refractivity contribution in [2.45, 2.75) is 44.8 Å². The number of hydrogen-bond donors (Lipinski definition) is 1. The third-order valence-electron chi connectivity index (χ3n) is 5.43. The van der Waals surface area contributed by atoms with Gasteiger partial charge in [-0.3, -0.25) is 9.69 Å². The predicted octanol–water partition coefficient (Wildman–Crippen LogP) is 1.00. The van der Waals surface area contributed by atoms with Crippen molar-refractivity contribution in [1.82, 2.24) is 25.0 Å². The molecule has 1 N–H and O–H groups in total. The molecule has 0 aromatic carbocycles. The van der Waals surface area contributed by atoms with Gasteiger partial charge in [0.05, 0.1) is 29.3 Å². The molecule has 1 amide bonds. The van der Waals surface area contributed by atoms with E-state index in [0.29, 0.717) is 5.56 Å². The number of rotatable bonds is 4. The first kappa shape index (κ1) is 18.4. The number of likely N-dealkylation sites (tertiary alicyclic amines) is 1. The Morgan fingerprint density at radius 2 is 1.96 bits per heavy atom. The Morgan fingerprint density at radius 1 is 1.22 bits per heavy atom. The van der Waals surface area contributed by atoms with E-state index in [4.69, 9.17) is 0 Å². The lowest BCUT2D eigenvalue weighted by Gasteiger charge is -2.28. The summed E-state index contributed by atoms with van der Waals surface area (Å²) in [5.74, 6) is -0.162. The number of aromatic nitrogens is 3. The molecule has 4 rings (SSSR count). The largest absolute Gasteiger partial charge is 0.347 e. The highest BCUT2D eigenvalue weighted by Crippen LogP contribution is 2.23. The summed E-state index contributed by atoms with van der Waals surface area (Å²) >= 11 is 0. The molecule has 2 aliphatic rings. The highest BCUT2D eigenvalue weighted by atomic mass is 32.2. The van der Waals surface area contributed by atoms with Gasteiger partial charge in [-0.2, -0.15) is 5.10 Å². The van der Waals surface area contributed by atoms with E-state index in [2.05, 4.69) is 20.3 Å². The van der Waals surface area contributed by atoms with Crippen LogP contribution in [0.5, 0.6) is 0 Å². The third-order valence-corrected chi connectivity index (χ3v) is 7.15. The minimum Gasteiger partial charge on any atom is -0.347 e. The van der Waals surface area contributed by atoms with Gasteiger partial charge in [0, 0.05) is 23.7 Å². The molecule has 0 unspecified atom stereocenters. The summed E-state index contributed by atoms with van der Waals surface area (Å²) in [6.07, 6.45) is 5.40. The molecule has 0 saturated carbocycles. The van der Waals surface area contributed by atoms with Crippen molar-refractivity contribution in [3.05, 3.63) is 24.0 Å². The quantitative estimate of drug-likeness (QED) is 0.835. The van der Waals surface area contributed by atoms with Gasteiger partial charge in [-0.25, -0.2) is 18.1 Å². The number of fused-ring (bicyclic) bond motifs is 1. The Balaban J connectivity index is 1.54. The van der Waals surface area contributed by atoms with Crippen molar-refractivity contribution in [3.63, 3.8) is 0 Å². The second kappa shape index (κ2) is 6.87. The Hall–Kier alpha value is -2.00. The van der Waals surface area contributed by atoms with Gasteiger partial charge in [-0.05, 0) is 45.8 Å². The maximum absolute atomic E-state index is 12.8. The molecule has 146 valence electrons. The summed E-state index contributed by atoms with van der Waals surface area (Å²) in [5, 5.41) is 8.06. The third kappa shape index (κ3) is 3.58. The van der Waals surface area contributed by atoms with Gasteiger partial charge in [0.25, 0.3) is 5.91 Å². The first-order chi connectivity index (χ1) is 12.8. The number of hydrogen-bond acceptors (Lipinski definition) is 6. The smallest absolute Gasteiger partial charge is 0.253 e. The molecule has 2 aromatic heterocycles. The molecule has 9 heteroatoms. The van der Waals surface area contributed by atoms with Crippen molar-refractivity contribution < 1.29 is 13.2 Å². The van der Waals surface area contributed by atoms with Crippen LogP contribution >= 0.6 is 0 Å². The van der Waals surface area contributed by atoms with Gasteiger partial charge in [0.1, 0.15) is 0 Å². The zero-order valence-corrected chi connectivity index (χ0v) is 16.4. The van der Waals surface area contributed by atoms with Crippen molar-refractivity contribution in [2.24, 2.45) is 0 Å². The molecule has 0 radical (unpaired) electrons. The van der Waals surface area contributed by atoms with Crippen LogP contribution in [0.3, 0.4) is 0 Å². The second-order valence-electron chi connectivity index (χ2n) is 7.79. The summed E-state index contributed by atoms with van der Waals surface area (Å²) in [4.78, 5) is 19.4. The molecule has 2 aliphatic heterocycles. The lowest BCUT2D eigenvalue weighted by atomic mass is 10.1. The van der Waals surface area contributed by atoms with E-state index in [1.165, 1.54) is 6.20 Å². The molecule has 2 fully saturated rings. The van der Waals surface area contributed by atoms with Crippen LogP contribution in [0.4, 0.5) is 0 Å². The summed E-state index contributed by atoms with van der Waals surface area (Å²) in [7, 11) is -3.14. The van der Waals surface area contributed by atoms with Crippen molar-refractivity contribution in [1.29, 1.82) is 0 Å². The molecule has 27 heavy (non-hydrogen) atoms. The second-order valence-corrected chi connectivity index (χ2v) is 9.94. The van der Waals surface area contributed by atoms with Crippen LogP contribution in [0.1, 0.15) is 43.1 Å². The van der Waals surface area contributed by atoms with E-state index in [-0.39, 0.29) is 35.5 Å². The predicted molar refractivity (Wildman–Crippen MR) is 102 cm³/mol.